The van der Waals surface area contributed by atoms with Crippen molar-refractivity contribution in [1.29, 1.82) is 0 Å². The number of hydrogen-bond donors (Lipinski definition) is 0. The van der Waals surface area contributed by atoms with Crippen LogP contribution in [0.3, 0.4) is 0 Å². The van der Waals surface area contributed by atoms with E-state index in [1.54, 1.807) is 11.1 Å². The Morgan fingerprint density at radius 2 is 1.15 bits per heavy atom. The van der Waals surface area contributed by atoms with Crippen molar-refractivity contribution in [3.63, 3.8) is 0 Å². The highest BCUT2D eigenvalue weighted by Gasteiger charge is 2.55. The summed E-state index contributed by atoms with van der Waals surface area (Å²) in [5.74, 6) is 0. The lowest BCUT2D eigenvalue weighted by molar-refractivity contribution is 0.327. The fourth-order valence-electron chi connectivity index (χ4n) is 12.3. The molecule has 60 heavy (non-hydrogen) atoms. The molecule has 0 amide bonds. The lowest BCUT2D eigenvalue weighted by atomic mass is 9.34. The minimum Gasteiger partial charge on any atom is -0.468 e. The van der Waals surface area contributed by atoms with Crippen LogP contribution in [0.4, 0.5) is 34.1 Å². The highest BCUT2D eigenvalue weighted by molar-refractivity contribution is 7.00. The third-order valence-electron chi connectivity index (χ3n) is 16.2. The zero-order valence-corrected chi connectivity index (χ0v) is 38.7. The third-order valence-corrected chi connectivity index (χ3v) is 16.2. The van der Waals surface area contributed by atoms with Gasteiger partial charge in [-0.15, -0.1) is 0 Å². The molecule has 0 radical (unpaired) electrons. The van der Waals surface area contributed by atoms with Gasteiger partial charge in [-0.05, 0) is 152 Å². The molecular formula is C56H63BN2O. The van der Waals surface area contributed by atoms with Crippen LogP contribution in [0.2, 0.25) is 0 Å². The summed E-state index contributed by atoms with van der Waals surface area (Å²) in [7, 11) is 0. The Labute approximate surface area is 359 Å². The number of hydrogen-bond acceptors (Lipinski definition) is 3. The Hall–Kier alpha value is -4.70. The number of para-hydroxylation sites is 1. The van der Waals surface area contributed by atoms with Crippen molar-refractivity contribution >= 4 is 68.4 Å². The first kappa shape index (κ1) is 38.2. The van der Waals surface area contributed by atoms with Crippen LogP contribution in [0, 0.1) is 6.92 Å². The van der Waals surface area contributed by atoms with Gasteiger partial charge in [0.15, 0.2) is 0 Å². The molecule has 0 fully saturated rings. The number of benzene rings is 5. The average molecular weight is 791 g/mol. The van der Waals surface area contributed by atoms with Gasteiger partial charge in [0.05, 0.1) is 17.0 Å². The Balaban J connectivity index is 1.31. The van der Waals surface area contributed by atoms with E-state index >= 15 is 0 Å². The molecule has 1 atom stereocenters. The fourth-order valence-corrected chi connectivity index (χ4v) is 12.3. The maximum absolute atomic E-state index is 7.29. The van der Waals surface area contributed by atoms with Crippen LogP contribution < -0.4 is 26.4 Å². The van der Waals surface area contributed by atoms with Crippen LogP contribution in [-0.4, -0.2) is 6.71 Å². The molecule has 1 aromatic heterocycles. The average Bonchev–Trinajstić information content (AvgIpc) is 3.56. The zero-order valence-electron chi connectivity index (χ0n) is 38.7. The minimum absolute atomic E-state index is 0.0473. The molecule has 3 aliphatic heterocycles. The number of rotatable bonds is 1. The zero-order chi connectivity index (χ0) is 42.4. The van der Waals surface area contributed by atoms with Crippen LogP contribution >= 0.6 is 0 Å². The van der Waals surface area contributed by atoms with Crippen molar-refractivity contribution in [2.75, 3.05) is 9.80 Å². The molecule has 0 saturated heterocycles. The predicted octanol–water partition coefficient (Wildman–Crippen LogP) is 13.5. The van der Waals surface area contributed by atoms with Crippen LogP contribution in [-0.2, 0) is 32.5 Å². The van der Waals surface area contributed by atoms with E-state index in [1.165, 1.54) is 96.7 Å². The summed E-state index contributed by atoms with van der Waals surface area (Å²) < 4.78 is 7.29. The monoisotopic (exact) mass is 791 g/mol. The first-order valence-corrected chi connectivity index (χ1v) is 22.8. The lowest BCUT2D eigenvalue weighted by Crippen LogP contribution is -2.62. The molecule has 4 heteroatoms. The smallest absolute Gasteiger partial charge is 0.297 e. The van der Waals surface area contributed by atoms with E-state index in [0.717, 1.165) is 24.1 Å². The Bertz CT molecular complexity index is 2870. The van der Waals surface area contributed by atoms with Crippen molar-refractivity contribution in [2.24, 2.45) is 0 Å². The molecule has 0 bridgehead atoms. The van der Waals surface area contributed by atoms with E-state index < -0.39 is 0 Å². The fraction of sp³-hybridized carbons (Fsp3) is 0.429. The summed E-state index contributed by atoms with van der Waals surface area (Å²) in [6.45, 7) is 33.9. The van der Waals surface area contributed by atoms with Crippen LogP contribution in [0.15, 0.2) is 83.3 Å². The normalized spacial score (nSPS) is 21.3. The largest absolute Gasteiger partial charge is 0.468 e. The highest BCUT2D eigenvalue weighted by Crippen LogP contribution is 2.63. The van der Waals surface area contributed by atoms with Crippen molar-refractivity contribution in [1.82, 2.24) is 0 Å². The molecule has 0 saturated carbocycles. The molecule has 0 spiro atoms. The first-order valence-electron chi connectivity index (χ1n) is 22.8. The van der Waals surface area contributed by atoms with Gasteiger partial charge in [0.2, 0.25) is 0 Å². The van der Waals surface area contributed by atoms with Crippen LogP contribution in [0.25, 0.3) is 11.0 Å². The maximum Gasteiger partial charge on any atom is 0.297 e. The molecule has 6 aromatic rings. The molecule has 4 heterocycles. The Morgan fingerprint density at radius 1 is 0.550 bits per heavy atom. The van der Waals surface area contributed by atoms with Crippen LogP contribution in [0.5, 0.6) is 0 Å². The van der Waals surface area contributed by atoms with E-state index in [-0.39, 0.29) is 39.2 Å². The number of anilines is 6. The Kier molecular flexibility index (Phi) is 7.40. The molecule has 11 rings (SSSR count). The van der Waals surface area contributed by atoms with Gasteiger partial charge in [0.25, 0.3) is 6.71 Å². The lowest BCUT2D eigenvalue weighted by Gasteiger charge is -2.55. The SMILES string of the molecule is Cc1cc(C(C)(C)C)ccc1N1c2cc(C(C)(C)C)cc3c2B(c2ccc4c5c2N3c2cc3c(cc2C5(C)CCC4(C)C)C(C)(C)CCC3(C)C)c2oc3ccccc3c21. The van der Waals surface area contributed by atoms with Gasteiger partial charge in [0.1, 0.15) is 5.58 Å². The van der Waals surface area contributed by atoms with Gasteiger partial charge in [-0.3, -0.25) is 0 Å². The molecule has 3 nitrogen and oxygen atoms in total. The van der Waals surface area contributed by atoms with E-state index in [4.69, 9.17) is 4.42 Å². The molecule has 2 aliphatic carbocycles. The first-order chi connectivity index (χ1) is 28.0. The van der Waals surface area contributed by atoms with Gasteiger partial charge in [0, 0.05) is 33.6 Å². The van der Waals surface area contributed by atoms with E-state index in [9.17, 15) is 0 Å². The molecule has 5 aliphatic rings. The van der Waals surface area contributed by atoms with Crippen molar-refractivity contribution in [3.05, 3.63) is 123 Å². The molecule has 0 N–H and O–H groups in total. The number of fused-ring (bicyclic) bond motifs is 10. The Morgan fingerprint density at radius 3 is 1.80 bits per heavy atom. The summed E-state index contributed by atoms with van der Waals surface area (Å²) in [4.78, 5) is 5.37. The summed E-state index contributed by atoms with van der Waals surface area (Å²) in [5, 5.41) is 1.17. The van der Waals surface area contributed by atoms with E-state index in [0.29, 0.717) is 0 Å². The van der Waals surface area contributed by atoms with Crippen molar-refractivity contribution < 1.29 is 4.42 Å². The standard InChI is InChI=1S/C56H63BN2O/c1-32-27-33(51(2,3)4)19-22-41(32)58-43-28-34(52(5,6)7)29-44-47(43)57(50-48(58)35-17-15-16-18-45(35)60-50)40-21-20-36-46-49(40)59(44)42-31-38-37(54(10,11)23-24-55(38,12)13)30-39(42)56(46,14)26-25-53(36,8)9/h15-22,27-31H,23-26H2,1-14H3. The quantitative estimate of drug-likeness (QED) is 0.154. The minimum atomic E-state index is -0.125. The topological polar surface area (TPSA) is 19.6 Å². The van der Waals surface area contributed by atoms with Gasteiger partial charge in [-0.1, -0.05) is 132 Å². The maximum atomic E-state index is 7.29. The van der Waals surface area contributed by atoms with Crippen LogP contribution in [0.1, 0.15) is 160 Å². The number of furan rings is 1. The summed E-state index contributed by atoms with van der Waals surface area (Å²) in [6.07, 6.45) is 4.69. The molecule has 5 aromatic carbocycles. The van der Waals surface area contributed by atoms with Crippen molar-refractivity contribution in [2.45, 2.75) is 155 Å². The second-order valence-corrected chi connectivity index (χ2v) is 23.7. The number of aryl methyl sites for hydroxylation is 1. The van der Waals surface area contributed by atoms with Gasteiger partial charge >= 0.3 is 0 Å². The molecular weight excluding hydrogens is 727 g/mol. The summed E-state index contributed by atoms with van der Waals surface area (Å²) >= 11 is 0. The third kappa shape index (κ3) is 4.91. The highest BCUT2D eigenvalue weighted by atomic mass is 16.3. The second kappa shape index (κ2) is 11.6. The van der Waals surface area contributed by atoms with E-state index in [2.05, 4.69) is 186 Å². The second-order valence-electron chi connectivity index (χ2n) is 23.7. The van der Waals surface area contributed by atoms with Gasteiger partial charge in [-0.2, -0.15) is 0 Å². The van der Waals surface area contributed by atoms with Gasteiger partial charge < -0.3 is 14.2 Å². The summed E-state index contributed by atoms with van der Waals surface area (Å²) in [5.41, 5.74) is 24.2. The summed E-state index contributed by atoms with van der Waals surface area (Å²) in [6, 6.07) is 31.4. The predicted molar refractivity (Wildman–Crippen MR) is 256 cm³/mol. The van der Waals surface area contributed by atoms with Gasteiger partial charge in [-0.25, -0.2) is 0 Å². The van der Waals surface area contributed by atoms with Crippen molar-refractivity contribution in [3.8, 4) is 0 Å². The molecule has 1 unspecified atom stereocenters. The van der Waals surface area contributed by atoms with E-state index in [1.807, 2.05) is 0 Å². The number of nitrogens with zero attached hydrogens (tertiary/aromatic N) is 2. The molecule has 306 valence electrons.